The van der Waals surface area contributed by atoms with E-state index >= 15 is 0 Å². The van der Waals surface area contributed by atoms with Crippen LogP contribution in [0, 0.1) is 5.41 Å². The largest absolute Gasteiger partial charge is 0.347 e. The number of amides is 1. The number of halogens is 1. The van der Waals surface area contributed by atoms with Crippen LogP contribution in [0.1, 0.15) is 57.0 Å². The van der Waals surface area contributed by atoms with Crippen molar-refractivity contribution in [2.45, 2.75) is 53.1 Å². The van der Waals surface area contributed by atoms with Gasteiger partial charge >= 0.3 is 0 Å². The molecule has 30 heavy (non-hydrogen) atoms. The third-order valence-corrected chi connectivity index (χ3v) is 6.29. The number of hydrogen-bond acceptors (Lipinski definition) is 3. The molecule has 0 heterocycles. The minimum absolute atomic E-state index is 0.0987. The minimum Gasteiger partial charge on any atom is -0.347 e. The van der Waals surface area contributed by atoms with Gasteiger partial charge in [-0.1, -0.05) is 45.0 Å². The molecule has 0 aromatic heterocycles. The fourth-order valence-corrected chi connectivity index (χ4v) is 5.23. The zero-order valence-corrected chi connectivity index (χ0v) is 20.9. The predicted octanol–water partition coefficient (Wildman–Crippen LogP) is 5.36. The molecule has 2 rings (SSSR count). The van der Waals surface area contributed by atoms with Gasteiger partial charge in [0.25, 0.3) is 5.91 Å². The Morgan fingerprint density at radius 3 is 2.07 bits per heavy atom. The Bertz CT molecular complexity index is 994. The summed E-state index contributed by atoms with van der Waals surface area (Å²) in [5.41, 5.74) is 1.68. The van der Waals surface area contributed by atoms with Gasteiger partial charge in [0, 0.05) is 15.6 Å². The van der Waals surface area contributed by atoms with Crippen molar-refractivity contribution >= 4 is 37.5 Å². The van der Waals surface area contributed by atoms with E-state index in [1.165, 1.54) is 10.6 Å². The SMILES string of the molecule is CC(C)(C)CC(C)(C)NC(=O)c1ccc(CN(c2ccccc2Br)S(C)(=O)=O)cc1. The molecule has 0 aliphatic rings. The first-order valence-corrected chi connectivity index (χ1v) is 12.5. The highest BCUT2D eigenvalue weighted by Gasteiger charge is 2.27. The Kier molecular flexibility index (Phi) is 7.41. The van der Waals surface area contributed by atoms with Crippen LogP contribution in [0.4, 0.5) is 5.69 Å². The van der Waals surface area contributed by atoms with Crippen LogP contribution >= 0.6 is 15.9 Å². The van der Waals surface area contributed by atoms with E-state index in [1.807, 2.05) is 19.9 Å². The molecule has 0 atom stereocenters. The van der Waals surface area contributed by atoms with Crippen molar-refractivity contribution in [1.82, 2.24) is 5.32 Å². The van der Waals surface area contributed by atoms with Gasteiger partial charge in [-0.3, -0.25) is 9.10 Å². The molecule has 0 saturated carbocycles. The maximum Gasteiger partial charge on any atom is 0.251 e. The van der Waals surface area contributed by atoms with Crippen molar-refractivity contribution in [3.8, 4) is 0 Å². The number of anilines is 1. The normalized spacial score (nSPS) is 12.5. The van der Waals surface area contributed by atoms with Gasteiger partial charge in [-0.15, -0.1) is 0 Å². The summed E-state index contributed by atoms with van der Waals surface area (Å²) in [6, 6.07) is 14.2. The lowest BCUT2D eigenvalue weighted by Crippen LogP contribution is -2.45. The molecule has 0 saturated heterocycles. The predicted molar refractivity (Wildman–Crippen MR) is 127 cm³/mol. The number of rotatable bonds is 7. The van der Waals surface area contributed by atoms with Gasteiger partial charge in [0.2, 0.25) is 10.0 Å². The highest BCUT2D eigenvalue weighted by atomic mass is 79.9. The van der Waals surface area contributed by atoms with E-state index in [4.69, 9.17) is 0 Å². The fraction of sp³-hybridized carbons (Fsp3) is 0.435. The molecule has 0 fully saturated rings. The number of para-hydroxylation sites is 1. The Labute approximate surface area is 189 Å². The summed E-state index contributed by atoms with van der Waals surface area (Å²) in [5, 5.41) is 3.10. The van der Waals surface area contributed by atoms with E-state index in [0.717, 1.165) is 12.0 Å². The van der Waals surface area contributed by atoms with Crippen LogP contribution in [0.3, 0.4) is 0 Å². The fourth-order valence-electron chi connectivity index (χ4n) is 3.71. The first-order chi connectivity index (χ1) is 13.7. The summed E-state index contributed by atoms with van der Waals surface area (Å²) < 4.78 is 26.8. The molecule has 1 amide bonds. The second-order valence-electron chi connectivity index (χ2n) is 9.49. The van der Waals surface area contributed by atoms with Crippen LogP contribution in [0.15, 0.2) is 53.0 Å². The Balaban J connectivity index is 2.18. The number of carbonyl (C=O) groups excluding carboxylic acids is 1. The zero-order valence-electron chi connectivity index (χ0n) is 18.5. The average molecular weight is 495 g/mol. The summed E-state index contributed by atoms with van der Waals surface area (Å²) in [6.45, 7) is 10.7. The first kappa shape index (κ1) is 24.4. The van der Waals surface area contributed by atoms with Gasteiger partial charge in [-0.2, -0.15) is 0 Å². The second kappa shape index (κ2) is 9.10. The van der Waals surface area contributed by atoms with E-state index in [-0.39, 0.29) is 23.4 Å². The molecule has 1 N–H and O–H groups in total. The van der Waals surface area contributed by atoms with Crippen molar-refractivity contribution in [2.24, 2.45) is 5.41 Å². The maximum atomic E-state index is 12.7. The smallest absolute Gasteiger partial charge is 0.251 e. The Morgan fingerprint density at radius 1 is 1.00 bits per heavy atom. The van der Waals surface area contributed by atoms with Gasteiger partial charge in [0.1, 0.15) is 0 Å². The highest BCUT2D eigenvalue weighted by Crippen LogP contribution is 2.29. The van der Waals surface area contributed by atoms with Crippen LogP contribution < -0.4 is 9.62 Å². The molecule has 2 aromatic carbocycles. The molecule has 0 bridgehead atoms. The number of nitrogens with one attached hydrogen (secondary N) is 1. The summed E-state index contributed by atoms with van der Waals surface area (Å²) in [4.78, 5) is 12.7. The van der Waals surface area contributed by atoms with Crippen molar-refractivity contribution in [2.75, 3.05) is 10.6 Å². The lowest BCUT2D eigenvalue weighted by molar-refractivity contribution is 0.0891. The van der Waals surface area contributed by atoms with Gasteiger partial charge in [-0.05, 0) is 71.4 Å². The minimum atomic E-state index is -3.48. The summed E-state index contributed by atoms with van der Waals surface area (Å²) in [5.74, 6) is -0.137. The third kappa shape index (κ3) is 7.13. The van der Waals surface area contributed by atoms with Crippen LogP contribution in [0.25, 0.3) is 0 Å². The quantitative estimate of drug-likeness (QED) is 0.563. The molecule has 0 aliphatic carbocycles. The third-order valence-electron chi connectivity index (χ3n) is 4.49. The van der Waals surface area contributed by atoms with Crippen LogP contribution in [-0.2, 0) is 16.6 Å². The number of sulfonamides is 1. The molecule has 164 valence electrons. The molecule has 5 nitrogen and oxygen atoms in total. The number of carbonyl (C=O) groups is 1. The maximum absolute atomic E-state index is 12.7. The lowest BCUT2D eigenvalue weighted by atomic mass is 9.81. The van der Waals surface area contributed by atoms with Gasteiger partial charge in [0.05, 0.1) is 18.5 Å². The molecular formula is C23H31BrN2O3S. The molecule has 0 aliphatic heterocycles. The summed E-state index contributed by atoms with van der Waals surface area (Å²) in [7, 11) is -3.48. The van der Waals surface area contributed by atoms with Crippen molar-refractivity contribution in [1.29, 1.82) is 0 Å². The molecule has 0 spiro atoms. The summed E-state index contributed by atoms with van der Waals surface area (Å²) in [6.07, 6.45) is 2.03. The van der Waals surface area contributed by atoms with E-state index in [9.17, 15) is 13.2 Å². The topological polar surface area (TPSA) is 66.5 Å². The second-order valence-corrected chi connectivity index (χ2v) is 12.3. The van der Waals surface area contributed by atoms with Crippen molar-refractivity contribution < 1.29 is 13.2 Å². The van der Waals surface area contributed by atoms with Gasteiger partial charge in [0.15, 0.2) is 0 Å². The molecule has 0 radical (unpaired) electrons. The monoisotopic (exact) mass is 494 g/mol. The van der Waals surface area contributed by atoms with Crippen LogP contribution in [0.5, 0.6) is 0 Å². The lowest BCUT2D eigenvalue weighted by Gasteiger charge is -2.33. The van der Waals surface area contributed by atoms with Crippen LogP contribution in [0.2, 0.25) is 0 Å². The molecular weight excluding hydrogens is 464 g/mol. The van der Waals surface area contributed by atoms with Crippen molar-refractivity contribution in [3.05, 3.63) is 64.1 Å². The first-order valence-electron chi connectivity index (χ1n) is 9.82. The molecule has 2 aromatic rings. The van der Waals surface area contributed by atoms with Crippen LogP contribution in [-0.4, -0.2) is 26.1 Å². The molecule has 7 heteroatoms. The Morgan fingerprint density at radius 2 is 1.57 bits per heavy atom. The number of hydrogen-bond donors (Lipinski definition) is 1. The van der Waals surface area contributed by atoms with E-state index in [0.29, 0.717) is 15.7 Å². The molecule has 0 unspecified atom stereocenters. The van der Waals surface area contributed by atoms with Gasteiger partial charge in [-0.25, -0.2) is 8.42 Å². The number of benzene rings is 2. The average Bonchev–Trinajstić information content (AvgIpc) is 2.57. The van der Waals surface area contributed by atoms with Crippen molar-refractivity contribution in [3.63, 3.8) is 0 Å². The highest BCUT2D eigenvalue weighted by molar-refractivity contribution is 9.10. The van der Waals surface area contributed by atoms with E-state index < -0.39 is 10.0 Å². The zero-order chi connectivity index (χ0) is 22.7. The standard InChI is InChI=1S/C23H31BrN2O3S/c1-22(2,3)16-23(4,5)25-21(27)18-13-11-17(12-14-18)15-26(30(6,28)29)20-10-8-7-9-19(20)24/h7-14H,15-16H2,1-6H3,(H,25,27). The van der Waals surface area contributed by atoms with E-state index in [1.54, 1.807) is 42.5 Å². The van der Waals surface area contributed by atoms with Gasteiger partial charge < -0.3 is 5.32 Å². The summed E-state index contributed by atoms with van der Waals surface area (Å²) >= 11 is 3.42. The van der Waals surface area contributed by atoms with E-state index in [2.05, 4.69) is 42.0 Å². The Hall–Kier alpha value is -1.86. The number of nitrogens with zero attached hydrogens (tertiary/aromatic N) is 1.